The summed E-state index contributed by atoms with van der Waals surface area (Å²) in [7, 11) is 6.03. The minimum Gasteiger partial charge on any atom is -0.496 e. The first-order chi connectivity index (χ1) is 10.1. The second-order valence-electron chi connectivity index (χ2n) is 4.19. The zero-order valence-electron chi connectivity index (χ0n) is 12.6. The van der Waals surface area contributed by atoms with Crippen LogP contribution in [0.1, 0.15) is 10.4 Å². The summed E-state index contributed by atoms with van der Waals surface area (Å²) in [6.45, 7) is 0.324. The van der Waals surface area contributed by atoms with Gasteiger partial charge in [-0.3, -0.25) is 4.79 Å². The molecule has 0 heterocycles. The Morgan fingerprint density at radius 3 is 2.14 bits per heavy atom. The van der Waals surface area contributed by atoms with Gasteiger partial charge < -0.3 is 24.3 Å². The molecule has 1 rings (SSSR count). The van der Waals surface area contributed by atoms with Gasteiger partial charge in [0.2, 0.25) is 0 Å². The van der Waals surface area contributed by atoms with Gasteiger partial charge in [0.15, 0.2) is 11.5 Å². The molecule has 1 atom stereocenters. The summed E-state index contributed by atoms with van der Waals surface area (Å²) in [6, 6.07) is 2.87. The van der Waals surface area contributed by atoms with Crippen molar-refractivity contribution >= 4 is 17.5 Å². The van der Waals surface area contributed by atoms with E-state index < -0.39 is 0 Å². The number of carbonyl (C=O) groups excluding carboxylic acids is 1. The molecule has 0 saturated carbocycles. The number of carbonyl (C=O) groups is 1. The Bertz CT molecular complexity index is 481. The molecule has 0 fully saturated rings. The first kappa shape index (κ1) is 17.4. The Kier molecular flexibility index (Phi) is 7.11. The van der Waals surface area contributed by atoms with Crippen LogP contribution in [0.15, 0.2) is 12.1 Å². The van der Waals surface area contributed by atoms with Crippen LogP contribution in [-0.4, -0.2) is 52.9 Å². The van der Waals surface area contributed by atoms with Gasteiger partial charge in [-0.1, -0.05) is 0 Å². The van der Waals surface area contributed by atoms with Gasteiger partial charge in [-0.25, -0.2) is 0 Å². The lowest BCUT2D eigenvalue weighted by Gasteiger charge is -2.17. The molecular weight excluding hydrogens is 298 g/mol. The molecule has 6 nitrogen and oxygen atoms in total. The molecule has 1 amide bonds. The van der Waals surface area contributed by atoms with E-state index >= 15 is 0 Å². The average molecular weight is 318 g/mol. The van der Waals surface area contributed by atoms with E-state index in [4.69, 9.17) is 30.5 Å². The number of amides is 1. The summed E-state index contributed by atoms with van der Waals surface area (Å²) in [5.74, 6) is 1.23. The number of rotatable bonds is 8. The number of halogens is 1. The van der Waals surface area contributed by atoms with E-state index in [-0.39, 0.29) is 17.8 Å². The summed E-state index contributed by atoms with van der Waals surface area (Å²) in [4.78, 5) is 12.3. The second kappa shape index (κ2) is 8.59. The third-order valence-electron chi connectivity index (χ3n) is 2.84. The highest BCUT2D eigenvalue weighted by Crippen LogP contribution is 2.34. The molecule has 7 heteroatoms. The van der Waals surface area contributed by atoms with E-state index in [1.54, 1.807) is 19.2 Å². The third-order valence-corrected chi connectivity index (χ3v) is 3.21. The van der Waals surface area contributed by atoms with Crippen molar-refractivity contribution in [2.45, 2.75) is 6.04 Å². The standard InChI is InChI=1S/C14H20ClNO5/c1-18-8-9(7-15)16-14(17)10-5-12(20-3)13(21-4)6-11(10)19-2/h5-6,9H,7-8H2,1-4H3,(H,16,17). The molecular formula is C14H20ClNO5. The van der Waals surface area contributed by atoms with Crippen LogP contribution in [0.25, 0.3) is 0 Å². The Morgan fingerprint density at radius 1 is 1.10 bits per heavy atom. The maximum atomic E-state index is 12.3. The lowest BCUT2D eigenvalue weighted by molar-refractivity contribution is 0.0903. The van der Waals surface area contributed by atoms with Crippen molar-refractivity contribution in [1.29, 1.82) is 0 Å². The first-order valence-electron chi connectivity index (χ1n) is 6.27. The Labute approximate surface area is 129 Å². The Balaban J connectivity index is 3.07. The SMILES string of the molecule is COCC(CCl)NC(=O)c1cc(OC)c(OC)cc1OC. The molecule has 0 aliphatic carbocycles. The van der Waals surface area contributed by atoms with E-state index in [2.05, 4.69) is 5.32 Å². The largest absolute Gasteiger partial charge is 0.496 e. The molecule has 0 saturated heterocycles. The van der Waals surface area contributed by atoms with Crippen molar-refractivity contribution in [2.24, 2.45) is 0 Å². The van der Waals surface area contributed by atoms with E-state index in [1.165, 1.54) is 21.3 Å². The summed E-state index contributed by atoms with van der Waals surface area (Å²) < 4.78 is 20.6. The maximum absolute atomic E-state index is 12.3. The fourth-order valence-corrected chi connectivity index (χ4v) is 1.96. The summed E-state index contributed by atoms with van der Waals surface area (Å²) >= 11 is 5.79. The Morgan fingerprint density at radius 2 is 1.67 bits per heavy atom. The molecule has 0 spiro atoms. The summed E-state index contributed by atoms with van der Waals surface area (Å²) in [6.07, 6.45) is 0. The number of nitrogens with one attached hydrogen (secondary N) is 1. The lowest BCUT2D eigenvalue weighted by atomic mass is 10.1. The van der Waals surface area contributed by atoms with Crippen LogP contribution in [0, 0.1) is 0 Å². The van der Waals surface area contributed by atoms with Crippen LogP contribution in [0.3, 0.4) is 0 Å². The number of alkyl halides is 1. The highest BCUT2D eigenvalue weighted by Gasteiger charge is 2.20. The van der Waals surface area contributed by atoms with E-state index in [0.29, 0.717) is 29.4 Å². The minimum atomic E-state index is -0.324. The zero-order valence-corrected chi connectivity index (χ0v) is 13.3. The second-order valence-corrected chi connectivity index (χ2v) is 4.50. The van der Waals surface area contributed by atoms with Gasteiger partial charge in [-0.15, -0.1) is 11.6 Å². The molecule has 118 valence electrons. The molecule has 1 unspecified atom stereocenters. The molecule has 21 heavy (non-hydrogen) atoms. The average Bonchev–Trinajstić information content (AvgIpc) is 2.52. The molecule has 0 aliphatic heterocycles. The predicted molar refractivity (Wildman–Crippen MR) is 79.9 cm³/mol. The molecule has 1 aromatic rings. The van der Waals surface area contributed by atoms with Crippen molar-refractivity contribution in [2.75, 3.05) is 40.9 Å². The quantitative estimate of drug-likeness (QED) is 0.739. The van der Waals surface area contributed by atoms with E-state index in [9.17, 15) is 4.79 Å². The van der Waals surface area contributed by atoms with E-state index in [0.717, 1.165) is 0 Å². The van der Waals surface area contributed by atoms with Crippen LogP contribution in [-0.2, 0) is 4.74 Å². The van der Waals surface area contributed by atoms with E-state index in [1.807, 2.05) is 0 Å². The number of ether oxygens (including phenoxy) is 4. The number of benzene rings is 1. The van der Waals surface area contributed by atoms with Gasteiger partial charge >= 0.3 is 0 Å². The highest BCUT2D eigenvalue weighted by molar-refractivity contribution is 6.18. The van der Waals surface area contributed by atoms with Gasteiger partial charge in [-0.2, -0.15) is 0 Å². The normalized spacial score (nSPS) is 11.7. The van der Waals surface area contributed by atoms with Crippen molar-refractivity contribution in [3.63, 3.8) is 0 Å². The maximum Gasteiger partial charge on any atom is 0.255 e. The first-order valence-corrected chi connectivity index (χ1v) is 6.80. The third kappa shape index (κ3) is 4.41. The zero-order chi connectivity index (χ0) is 15.8. The topological polar surface area (TPSA) is 66.0 Å². The number of methoxy groups -OCH3 is 4. The Hall–Kier alpha value is -1.66. The smallest absolute Gasteiger partial charge is 0.255 e. The highest BCUT2D eigenvalue weighted by atomic mass is 35.5. The summed E-state index contributed by atoms with van der Waals surface area (Å²) in [5.41, 5.74) is 0.335. The van der Waals surface area contributed by atoms with Crippen LogP contribution in [0.2, 0.25) is 0 Å². The van der Waals surface area contributed by atoms with Crippen LogP contribution in [0.5, 0.6) is 17.2 Å². The molecule has 1 aromatic carbocycles. The van der Waals surface area contributed by atoms with Crippen molar-refractivity contribution in [3.8, 4) is 17.2 Å². The molecule has 0 aromatic heterocycles. The monoisotopic (exact) mass is 317 g/mol. The lowest BCUT2D eigenvalue weighted by Crippen LogP contribution is -2.39. The summed E-state index contributed by atoms with van der Waals surface area (Å²) in [5, 5.41) is 2.78. The van der Waals surface area contributed by atoms with Crippen molar-refractivity contribution < 1.29 is 23.7 Å². The predicted octanol–water partition coefficient (Wildman–Crippen LogP) is 1.70. The van der Waals surface area contributed by atoms with Crippen molar-refractivity contribution in [1.82, 2.24) is 5.32 Å². The van der Waals surface area contributed by atoms with Crippen molar-refractivity contribution in [3.05, 3.63) is 17.7 Å². The van der Waals surface area contributed by atoms with Crippen LogP contribution in [0.4, 0.5) is 0 Å². The fourth-order valence-electron chi connectivity index (χ4n) is 1.80. The molecule has 1 N–H and O–H groups in total. The van der Waals surface area contributed by atoms with Gasteiger partial charge in [-0.05, 0) is 0 Å². The fraction of sp³-hybridized carbons (Fsp3) is 0.500. The molecule has 0 bridgehead atoms. The van der Waals surface area contributed by atoms with Gasteiger partial charge in [0, 0.05) is 25.1 Å². The molecule has 0 aliphatic rings. The minimum absolute atomic E-state index is 0.245. The number of hydrogen-bond donors (Lipinski definition) is 1. The number of hydrogen-bond acceptors (Lipinski definition) is 5. The van der Waals surface area contributed by atoms with Crippen LogP contribution < -0.4 is 19.5 Å². The van der Waals surface area contributed by atoms with Gasteiger partial charge in [0.05, 0.1) is 39.5 Å². The van der Waals surface area contributed by atoms with Gasteiger partial charge in [0.25, 0.3) is 5.91 Å². The van der Waals surface area contributed by atoms with Crippen LogP contribution >= 0.6 is 11.6 Å². The van der Waals surface area contributed by atoms with Gasteiger partial charge in [0.1, 0.15) is 5.75 Å². The molecule has 0 radical (unpaired) electrons.